The topological polar surface area (TPSA) is 76.7 Å². The van der Waals surface area contributed by atoms with Crippen molar-refractivity contribution in [2.75, 3.05) is 31.0 Å². The van der Waals surface area contributed by atoms with Gasteiger partial charge < -0.3 is 14.8 Å². The molecule has 0 bridgehead atoms. The van der Waals surface area contributed by atoms with Gasteiger partial charge in [-0.3, -0.25) is 10.1 Å². The van der Waals surface area contributed by atoms with E-state index in [2.05, 4.69) is 10.6 Å². The van der Waals surface area contributed by atoms with E-state index in [1.165, 1.54) is 13.2 Å². The summed E-state index contributed by atoms with van der Waals surface area (Å²) in [5, 5.41) is 5.14. The molecule has 2 aromatic carbocycles. The quantitative estimate of drug-likeness (QED) is 0.686. The van der Waals surface area contributed by atoms with Gasteiger partial charge in [-0.15, -0.1) is 0 Å². The highest BCUT2D eigenvalue weighted by molar-refractivity contribution is 5.92. The number of carbonyl (C=O) groups is 2. The Morgan fingerprint density at radius 2 is 1.59 bits per heavy atom. The molecule has 8 heteroatoms. The van der Waals surface area contributed by atoms with Crippen LogP contribution in [0.1, 0.15) is 12.0 Å². The molecule has 2 amide bonds. The van der Waals surface area contributed by atoms with E-state index in [1.807, 2.05) is 0 Å². The highest BCUT2D eigenvalue weighted by Crippen LogP contribution is 2.17. The summed E-state index contributed by atoms with van der Waals surface area (Å²) in [6.07, 6.45) is -0.798. The third-order valence-electron chi connectivity index (χ3n) is 3.58. The largest absolute Gasteiger partial charge is 0.447 e. The Morgan fingerprint density at radius 1 is 0.963 bits per heavy atom. The maximum Gasteiger partial charge on any atom is 0.411 e. The second-order valence-corrected chi connectivity index (χ2v) is 5.58. The van der Waals surface area contributed by atoms with Crippen molar-refractivity contribution in [2.45, 2.75) is 12.8 Å². The molecular weight excluding hydrogens is 358 g/mol. The standard InChI is InChI=1S/C19H20F2N2O4/c1-26-10-11-27-19(25)23-14-5-2-4-13(12-14)22-18(24)9-8-15-16(20)6-3-7-17(15)21/h2-7,12H,8-11H2,1H3,(H,22,24)(H,23,25). The maximum atomic E-state index is 13.6. The Bertz CT molecular complexity index is 779. The number of amides is 2. The molecule has 0 aliphatic rings. The highest BCUT2D eigenvalue weighted by atomic mass is 19.1. The molecule has 0 aliphatic heterocycles. The number of halogens is 2. The lowest BCUT2D eigenvalue weighted by molar-refractivity contribution is -0.116. The smallest absolute Gasteiger partial charge is 0.411 e. The summed E-state index contributed by atoms with van der Waals surface area (Å²) in [5.74, 6) is -1.76. The van der Waals surface area contributed by atoms with Gasteiger partial charge in [0.15, 0.2) is 0 Å². The number of hydrogen-bond acceptors (Lipinski definition) is 4. The highest BCUT2D eigenvalue weighted by Gasteiger charge is 2.11. The lowest BCUT2D eigenvalue weighted by Crippen LogP contribution is -2.17. The van der Waals surface area contributed by atoms with Crippen LogP contribution in [-0.4, -0.2) is 32.3 Å². The molecule has 0 unspecified atom stereocenters. The second-order valence-electron chi connectivity index (χ2n) is 5.58. The van der Waals surface area contributed by atoms with Gasteiger partial charge in [0.2, 0.25) is 5.91 Å². The summed E-state index contributed by atoms with van der Waals surface area (Å²) in [4.78, 5) is 23.6. The minimum atomic E-state index is -0.680. The first-order valence-electron chi connectivity index (χ1n) is 8.25. The summed E-state index contributed by atoms with van der Waals surface area (Å²) in [5.41, 5.74) is 0.737. The van der Waals surface area contributed by atoms with Gasteiger partial charge in [0.05, 0.1) is 6.61 Å². The van der Waals surface area contributed by atoms with Crippen LogP contribution in [0.2, 0.25) is 0 Å². The van der Waals surface area contributed by atoms with Crippen molar-refractivity contribution < 1.29 is 27.8 Å². The van der Waals surface area contributed by atoms with Crippen LogP contribution in [0.15, 0.2) is 42.5 Å². The zero-order valence-electron chi connectivity index (χ0n) is 14.8. The van der Waals surface area contributed by atoms with Gasteiger partial charge in [-0.25, -0.2) is 13.6 Å². The second kappa shape index (κ2) is 10.2. The maximum absolute atomic E-state index is 13.6. The molecule has 0 spiro atoms. The normalized spacial score (nSPS) is 10.3. The zero-order chi connectivity index (χ0) is 19.6. The van der Waals surface area contributed by atoms with Gasteiger partial charge in [-0.1, -0.05) is 12.1 Å². The molecule has 0 atom stereocenters. The van der Waals surface area contributed by atoms with Crippen LogP contribution in [0.5, 0.6) is 0 Å². The number of carbonyl (C=O) groups excluding carboxylic acids is 2. The van der Waals surface area contributed by atoms with Gasteiger partial charge in [-0.2, -0.15) is 0 Å². The average Bonchev–Trinajstić information content (AvgIpc) is 2.62. The fraction of sp³-hybridized carbons (Fsp3) is 0.263. The van der Waals surface area contributed by atoms with E-state index >= 15 is 0 Å². The van der Waals surface area contributed by atoms with Gasteiger partial charge >= 0.3 is 6.09 Å². The molecule has 27 heavy (non-hydrogen) atoms. The van der Waals surface area contributed by atoms with Crippen molar-refractivity contribution in [1.29, 1.82) is 0 Å². The van der Waals surface area contributed by atoms with Crippen LogP contribution in [0, 0.1) is 11.6 Å². The predicted octanol–water partition coefficient (Wildman–Crippen LogP) is 3.73. The molecule has 0 aliphatic carbocycles. The summed E-state index contributed by atoms with van der Waals surface area (Å²) < 4.78 is 36.8. The molecule has 6 nitrogen and oxygen atoms in total. The Hall–Kier alpha value is -3.00. The Labute approximate surface area is 155 Å². The first kappa shape index (κ1) is 20.3. The van der Waals surface area contributed by atoms with Crippen LogP contribution < -0.4 is 10.6 Å². The van der Waals surface area contributed by atoms with Gasteiger partial charge in [-0.05, 0) is 36.8 Å². The molecule has 0 radical (unpaired) electrons. The number of hydrogen-bond donors (Lipinski definition) is 2. The fourth-order valence-electron chi connectivity index (χ4n) is 2.28. The molecule has 144 valence electrons. The number of anilines is 2. The molecule has 0 saturated carbocycles. The van der Waals surface area contributed by atoms with E-state index in [1.54, 1.807) is 24.3 Å². The summed E-state index contributed by atoms with van der Waals surface area (Å²) in [6.45, 7) is 0.400. The zero-order valence-corrected chi connectivity index (χ0v) is 14.8. The Balaban J connectivity index is 1.87. The Kier molecular flexibility index (Phi) is 7.69. The summed E-state index contributed by atoms with van der Waals surface area (Å²) in [6, 6.07) is 10.0. The van der Waals surface area contributed by atoms with Crippen LogP contribution in [0.25, 0.3) is 0 Å². The molecule has 2 N–H and O–H groups in total. The van der Waals surface area contributed by atoms with Gasteiger partial charge in [0.25, 0.3) is 0 Å². The average molecular weight is 378 g/mol. The molecule has 0 aromatic heterocycles. The van der Waals surface area contributed by atoms with E-state index in [4.69, 9.17) is 9.47 Å². The van der Waals surface area contributed by atoms with Crippen LogP contribution in [0.4, 0.5) is 25.0 Å². The summed E-state index contributed by atoms with van der Waals surface area (Å²) in [7, 11) is 1.49. The molecule has 2 aromatic rings. The molecule has 0 heterocycles. The van der Waals surface area contributed by atoms with E-state index < -0.39 is 23.6 Å². The first-order valence-corrected chi connectivity index (χ1v) is 8.25. The monoisotopic (exact) mass is 378 g/mol. The molecular formula is C19H20F2N2O4. The van der Waals surface area contributed by atoms with E-state index in [0.717, 1.165) is 12.1 Å². The van der Waals surface area contributed by atoms with E-state index in [0.29, 0.717) is 11.4 Å². The van der Waals surface area contributed by atoms with Crippen LogP contribution in [0.3, 0.4) is 0 Å². The van der Waals surface area contributed by atoms with Crippen molar-refractivity contribution >= 4 is 23.4 Å². The third-order valence-corrected chi connectivity index (χ3v) is 3.58. The predicted molar refractivity (Wildman–Crippen MR) is 96.6 cm³/mol. The molecule has 0 fully saturated rings. The van der Waals surface area contributed by atoms with Gasteiger partial charge in [0.1, 0.15) is 18.2 Å². The van der Waals surface area contributed by atoms with Crippen molar-refractivity contribution in [2.24, 2.45) is 0 Å². The fourth-order valence-corrected chi connectivity index (χ4v) is 2.28. The summed E-state index contributed by atoms with van der Waals surface area (Å²) >= 11 is 0. The van der Waals surface area contributed by atoms with Crippen molar-refractivity contribution in [3.05, 3.63) is 59.7 Å². The van der Waals surface area contributed by atoms with Crippen LogP contribution in [-0.2, 0) is 20.7 Å². The van der Waals surface area contributed by atoms with Gasteiger partial charge in [0, 0.05) is 30.5 Å². The number of ether oxygens (including phenoxy) is 2. The Morgan fingerprint density at radius 3 is 2.26 bits per heavy atom. The van der Waals surface area contributed by atoms with E-state index in [-0.39, 0.29) is 31.6 Å². The SMILES string of the molecule is COCCOC(=O)Nc1cccc(NC(=O)CCc2c(F)cccc2F)c1. The number of benzene rings is 2. The minimum Gasteiger partial charge on any atom is -0.447 e. The van der Waals surface area contributed by atoms with E-state index in [9.17, 15) is 18.4 Å². The lowest BCUT2D eigenvalue weighted by Gasteiger charge is -2.10. The third kappa shape index (κ3) is 6.67. The first-order chi connectivity index (χ1) is 13.0. The van der Waals surface area contributed by atoms with Crippen molar-refractivity contribution in [1.82, 2.24) is 0 Å². The minimum absolute atomic E-state index is 0.0614. The molecule has 0 saturated heterocycles. The number of nitrogens with one attached hydrogen (secondary N) is 2. The van der Waals surface area contributed by atoms with Crippen LogP contribution >= 0.6 is 0 Å². The van der Waals surface area contributed by atoms with Crippen molar-refractivity contribution in [3.8, 4) is 0 Å². The number of rotatable bonds is 8. The number of methoxy groups -OCH3 is 1. The lowest BCUT2D eigenvalue weighted by atomic mass is 10.1. The molecule has 2 rings (SSSR count). The van der Waals surface area contributed by atoms with Crippen molar-refractivity contribution in [3.63, 3.8) is 0 Å².